The molecule has 0 aromatic carbocycles. The zero-order valence-corrected chi connectivity index (χ0v) is 15.1. The van der Waals surface area contributed by atoms with Crippen LogP contribution in [0.5, 0.6) is 0 Å². The van der Waals surface area contributed by atoms with Crippen LogP contribution in [0.2, 0.25) is 0 Å². The van der Waals surface area contributed by atoms with Crippen LogP contribution < -0.4 is 10.0 Å². The van der Waals surface area contributed by atoms with Crippen LogP contribution in [0.1, 0.15) is 46.5 Å². The van der Waals surface area contributed by atoms with Crippen molar-refractivity contribution in [3.8, 4) is 0 Å². The summed E-state index contributed by atoms with van der Waals surface area (Å²) in [6.07, 6.45) is 5.47. The van der Waals surface area contributed by atoms with Gasteiger partial charge in [-0.1, -0.05) is 13.8 Å². The maximum atomic E-state index is 12.4. The van der Waals surface area contributed by atoms with E-state index in [1.807, 2.05) is 6.26 Å². The van der Waals surface area contributed by atoms with E-state index in [1.54, 1.807) is 18.7 Å². The zero-order valence-electron chi connectivity index (χ0n) is 13.4. The second-order valence-corrected chi connectivity index (χ2v) is 9.50. The average Bonchev–Trinajstić information content (AvgIpc) is 2.73. The number of rotatable bonds is 8. The van der Waals surface area contributed by atoms with Crippen LogP contribution >= 0.6 is 11.8 Å². The molecule has 1 aliphatic carbocycles. The summed E-state index contributed by atoms with van der Waals surface area (Å²) in [6, 6.07) is -0.499. The Bertz CT molecular complexity index is 449. The van der Waals surface area contributed by atoms with E-state index in [9.17, 15) is 13.2 Å². The van der Waals surface area contributed by atoms with Gasteiger partial charge in [-0.3, -0.25) is 4.79 Å². The minimum Gasteiger partial charge on any atom is -0.352 e. The number of amides is 1. The van der Waals surface area contributed by atoms with E-state index >= 15 is 0 Å². The molecule has 0 heterocycles. The maximum absolute atomic E-state index is 12.4. The van der Waals surface area contributed by atoms with Crippen molar-refractivity contribution in [2.75, 3.05) is 17.8 Å². The number of hydrogen-bond acceptors (Lipinski definition) is 4. The highest BCUT2D eigenvalue weighted by Crippen LogP contribution is 2.36. The molecule has 5 nitrogen and oxygen atoms in total. The number of hydrogen-bond donors (Lipinski definition) is 2. The van der Waals surface area contributed by atoms with Crippen LogP contribution in [0.15, 0.2) is 0 Å². The molecule has 0 saturated heterocycles. The lowest BCUT2D eigenvalue weighted by Gasteiger charge is -2.22. The van der Waals surface area contributed by atoms with E-state index in [1.165, 1.54) is 0 Å². The fourth-order valence-corrected chi connectivity index (χ4v) is 3.94. The van der Waals surface area contributed by atoms with Crippen molar-refractivity contribution in [1.82, 2.24) is 10.0 Å². The first-order chi connectivity index (χ1) is 9.69. The standard InChI is InChI=1S/C14H28N2O3S2/c1-5-21(18,19)16-12(7-9-20-4)13(17)15-11-6-8-14(2,3)10-11/h11-12,16H,5-10H2,1-4H3,(H,15,17). The van der Waals surface area contributed by atoms with Crippen LogP contribution in [0.25, 0.3) is 0 Å². The number of nitrogens with one attached hydrogen (secondary N) is 2. The molecule has 2 atom stereocenters. The summed E-state index contributed by atoms with van der Waals surface area (Å²) >= 11 is 1.61. The third-order valence-corrected chi connectivity index (χ3v) is 5.99. The lowest BCUT2D eigenvalue weighted by molar-refractivity contribution is -0.123. The smallest absolute Gasteiger partial charge is 0.238 e. The van der Waals surface area contributed by atoms with Gasteiger partial charge in [0.2, 0.25) is 15.9 Å². The van der Waals surface area contributed by atoms with E-state index in [0.29, 0.717) is 6.42 Å². The first kappa shape index (κ1) is 18.8. The Hall–Kier alpha value is -0.270. The molecule has 0 aliphatic heterocycles. The third kappa shape index (κ3) is 6.57. The van der Waals surface area contributed by atoms with Gasteiger partial charge in [-0.15, -0.1) is 0 Å². The second-order valence-electron chi connectivity index (χ2n) is 6.47. The molecule has 1 rings (SSSR count). The van der Waals surface area contributed by atoms with Gasteiger partial charge in [0.25, 0.3) is 0 Å². The summed E-state index contributed by atoms with van der Waals surface area (Å²) in [7, 11) is -3.37. The molecular formula is C14H28N2O3S2. The molecule has 1 aliphatic rings. The monoisotopic (exact) mass is 336 g/mol. The summed E-state index contributed by atoms with van der Waals surface area (Å²) in [6.45, 7) is 5.97. The molecule has 0 aromatic rings. The molecule has 124 valence electrons. The van der Waals surface area contributed by atoms with Crippen molar-refractivity contribution in [2.45, 2.75) is 58.5 Å². The van der Waals surface area contributed by atoms with E-state index in [2.05, 4.69) is 23.9 Å². The number of sulfonamides is 1. The van der Waals surface area contributed by atoms with Crippen LogP contribution in [0, 0.1) is 5.41 Å². The number of carbonyl (C=O) groups is 1. The van der Waals surface area contributed by atoms with Crippen molar-refractivity contribution < 1.29 is 13.2 Å². The summed E-state index contributed by atoms with van der Waals surface area (Å²) in [5.41, 5.74) is 0.260. The van der Waals surface area contributed by atoms with Crippen LogP contribution in [0.3, 0.4) is 0 Å². The molecule has 2 unspecified atom stereocenters. The summed E-state index contributed by atoms with van der Waals surface area (Å²) < 4.78 is 26.0. The van der Waals surface area contributed by atoms with Crippen LogP contribution in [-0.4, -0.2) is 44.2 Å². The minimum absolute atomic E-state index is 0.00743. The van der Waals surface area contributed by atoms with Crippen molar-refractivity contribution in [3.05, 3.63) is 0 Å². The fourth-order valence-electron chi connectivity index (χ4n) is 2.64. The normalized spacial score (nSPS) is 23.0. The van der Waals surface area contributed by atoms with Gasteiger partial charge in [-0.2, -0.15) is 11.8 Å². The lowest BCUT2D eigenvalue weighted by atomic mass is 9.92. The topological polar surface area (TPSA) is 75.3 Å². The first-order valence-electron chi connectivity index (χ1n) is 7.48. The third-order valence-electron chi connectivity index (χ3n) is 3.94. The lowest BCUT2D eigenvalue weighted by Crippen LogP contribution is -2.49. The van der Waals surface area contributed by atoms with Crippen molar-refractivity contribution in [1.29, 1.82) is 0 Å². The first-order valence-corrected chi connectivity index (χ1v) is 10.5. The largest absolute Gasteiger partial charge is 0.352 e. The van der Waals surface area contributed by atoms with Crippen molar-refractivity contribution in [2.24, 2.45) is 5.41 Å². The van der Waals surface area contributed by atoms with Crippen molar-refractivity contribution >= 4 is 27.7 Å². The van der Waals surface area contributed by atoms with Crippen LogP contribution in [-0.2, 0) is 14.8 Å². The molecule has 2 N–H and O–H groups in total. The predicted molar refractivity (Wildman–Crippen MR) is 88.9 cm³/mol. The quantitative estimate of drug-likeness (QED) is 0.708. The number of carbonyl (C=O) groups excluding carboxylic acids is 1. The molecule has 0 spiro atoms. The Balaban J connectivity index is 2.63. The van der Waals surface area contributed by atoms with Gasteiger partial charge in [0.1, 0.15) is 6.04 Å². The molecule has 21 heavy (non-hydrogen) atoms. The molecular weight excluding hydrogens is 308 g/mol. The Morgan fingerprint density at radius 1 is 1.43 bits per heavy atom. The van der Waals surface area contributed by atoms with Gasteiger partial charge < -0.3 is 5.32 Å². The minimum atomic E-state index is -3.37. The van der Waals surface area contributed by atoms with E-state index < -0.39 is 16.1 Å². The summed E-state index contributed by atoms with van der Waals surface area (Å²) in [5.74, 6) is 0.552. The highest BCUT2D eigenvalue weighted by molar-refractivity contribution is 7.98. The molecule has 1 saturated carbocycles. The average molecular weight is 337 g/mol. The van der Waals surface area contributed by atoms with Crippen LogP contribution in [0.4, 0.5) is 0 Å². The molecule has 1 fully saturated rings. The molecule has 7 heteroatoms. The highest BCUT2D eigenvalue weighted by atomic mass is 32.2. The predicted octanol–water partition coefficient (Wildman–Crippen LogP) is 1.74. The molecule has 1 amide bonds. The van der Waals surface area contributed by atoms with Crippen molar-refractivity contribution in [3.63, 3.8) is 0 Å². The maximum Gasteiger partial charge on any atom is 0.238 e. The number of thioether (sulfide) groups is 1. The Morgan fingerprint density at radius 2 is 2.10 bits per heavy atom. The summed E-state index contributed by atoms with van der Waals surface area (Å²) in [4.78, 5) is 12.4. The van der Waals surface area contributed by atoms with Gasteiger partial charge in [0, 0.05) is 6.04 Å². The Kier molecular flexibility index (Phi) is 7.00. The highest BCUT2D eigenvalue weighted by Gasteiger charge is 2.33. The van der Waals surface area contributed by atoms with Gasteiger partial charge in [0.05, 0.1) is 5.75 Å². The molecule has 0 bridgehead atoms. The summed E-state index contributed by atoms with van der Waals surface area (Å²) in [5, 5.41) is 3.02. The van der Waals surface area contributed by atoms with Gasteiger partial charge in [-0.25, -0.2) is 13.1 Å². The zero-order chi connectivity index (χ0) is 16.1. The van der Waals surface area contributed by atoms with E-state index in [0.717, 1.165) is 25.0 Å². The SMILES string of the molecule is CCS(=O)(=O)NC(CCSC)C(=O)NC1CCC(C)(C)C1. The Labute approximate surface area is 133 Å². The second kappa shape index (κ2) is 7.83. The van der Waals surface area contributed by atoms with Gasteiger partial charge in [-0.05, 0) is 50.0 Å². The Morgan fingerprint density at radius 3 is 2.57 bits per heavy atom. The van der Waals surface area contributed by atoms with E-state index in [-0.39, 0.29) is 23.1 Å². The fraction of sp³-hybridized carbons (Fsp3) is 0.929. The molecule has 0 radical (unpaired) electrons. The van der Waals surface area contributed by atoms with E-state index in [4.69, 9.17) is 0 Å². The molecule has 0 aromatic heterocycles. The van der Waals surface area contributed by atoms with Gasteiger partial charge in [0.15, 0.2) is 0 Å². The van der Waals surface area contributed by atoms with Gasteiger partial charge >= 0.3 is 0 Å².